The number of halogens is 1. The van der Waals surface area contributed by atoms with Crippen molar-refractivity contribution in [3.63, 3.8) is 0 Å². The van der Waals surface area contributed by atoms with Crippen LogP contribution in [-0.2, 0) is 9.59 Å². The molecule has 2 amide bonds. The fourth-order valence-electron chi connectivity index (χ4n) is 2.65. The number of nitrogens with one attached hydrogen (secondary N) is 3. The molecule has 8 heteroatoms. The Morgan fingerprint density at radius 3 is 1.93 bits per heavy atom. The number of rotatable bonds is 6. The zero-order valence-electron chi connectivity index (χ0n) is 16.4. The van der Waals surface area contributed by atoms with Gasteiger partial charge in [0.1, 0.15) is 11.5 Å². The number of hydrogen-bond acceptors (Lipinski definition) is 5. The molecule has 154 valence electrons. The maximum absolute atomic E-state index is 12.3. The van der Waals surface area contributed by atoms with Crippen LogP contribution in [-0.4, -0.2) is 26.0 Å². The Morgan fingerprint density at radius 1 is 0.733 bits per heavy atom. The van der Waals surface area contributed by atoms with E-state index >= 15 is 0 Å². The summed E-state index contributed by atoms with van der Waals surface area (Å²) < 4.78 is 10.3. The SMILES string of the molecule is COc1cc(NC(=O)C(=O)Nc2ccc(Nc3ccccc3)cc2)c(OC)cc1Cl. The van der Waals surface area contributed by atoms with Gasteiger partial charge >= 0.3 is 11.8 Å². The van der Waals surface area contributed by atoms with Gasteiger partial charge in [-0.3, -0.25) is 9.59 Å². The minimum Gasteiger partial charge on any atom is -0.495 e. The molecule has 0 atom stereocenters. The Hall–Kier alpha value is -3.71. The summed E-state index contributed by atoms with van der Waals surface area (Å²) in [6, 6.07) is 19.7. The van der Waals surface area contributed by atoms with Crippen molar-refractivity contribution in [1.82, 2.24) is 0 Å². The number of carbonyl (C=O) groups is 2. The van der Waals surface area contributed by atoms with E-state index in [0.717, 1.165) is 11.4 Å². The fraction of sp³-hybridized carbons (Fsp3) is 0.0909. The lowest BCUT2D eigenvalue weighted by Crippen LogP contribution is -2.29. The summed E-state index contributed by atoms with van der Waals surface area (Å²) in [5.41, 5.74) is 2.54. The monoisotopic (exact) mass is 425 g/mol. The first-order valence-corrected chi connectivity index (χ1v) is 9.34. The lowest BCUT2D eigenvalue weighted by molar-refractivity contribution is -0.133. The Labute approximate surface area is 179 Å². The van der Waals surface area contributed by atoms with Crippen LogP contribution in [0.4, 0.5) is 22.7 Å². The molecule has 3 aromatic carbocycles. The Bertz CT molecular complexity index is 1040. The highest BCUT2D eigenvalue weighted by molar-refractivity contribution is 6.44. The average Bonchev–Trinajstić information content (AvgIpc) is 2.76. The zero-order valence-corrected chi connectivity index (χ0v) is 17.1. The first kappa shape index (κ1) is 21.0. The molecule has 0 radical (unpaired) electrons. The molecule has 0 aliphatic carbocycles. The molecule has 30 heavy (non-hydrogen) atoms. The molecule has 0 heterocycles. The topological polar surface area (TPSA) is 88.7 Å². The molecule has 0 aliphatic rings. The van der Waals surface area contributed by atoms with Crippen LogP contribution in [0.25, 0.3) is 0 Å². The first-order valence-electron chi connectivity index (χ1n) is 8.96. The Kier molecular flexibility index (Phi) is 6.77. The van der Waals surface area contributed by atoms with Gasteiger partial charge in [-0.2, -0.15) is 0 Å². The van der Waals surface area contributed by atoms with Crippen LogP contribution in [0.2, 0.25) is 5.02 Å². The molecule has 3 rings (SSSR count). The molecule has 0 aromatic heterocycles. The Morgan fingerprint density at radius 2 is 1.30 bits per heavy atom. The maximum Gasteiger partial charge on any atom is 0.314 e. The second kappa shape index (κ2) is 9.67. The highest BCUT2D eigenvalue weighted by Crippen LogP contribution is 2.35. The molecule has 0 saturated heterocycles. The lowest BCUT2D eigenvalue weighted by atomic mass is 10.2. The number of amides is 2. The number of anilines is 4. The molecular formula is C22H20ClN3O4. The van der Waals surface area contributed by atoms with Crippen molar-refractivity contribution in [2.24, 2.45) is 0 Å². The van der Waals surface area contributed by atoms with Crippen molar-refractivity contribution in [2.45, 2.75) is 0 Å². The van der Waals surface area contributed by atoms with Crippen LogP contribution in [0.1, 0.15) is 0 Å². The van der Waals surface area contributed by atoms with Crippen molar-refractivity contribution < 1.29 is 19.1 Å². The number of para-hydroxylation sites is 1. The van der Waals surface area contributed by atoms with E-state index in [4.69, 9.17) is 21.1 Å². The van der Waals surface area contributed by atoms with Gasteiger partial charge in [0.2, 0.25) is 0 Å². The molecule has 3 N–H and O–H groups in total. The summed E-state index contributed by atoms with van der Waals surface area (Å²) in [5, 5.41) is 8.61. The molecule has 0 spiro atoms. The molecule has 3 aromatic rings. The number of ether oxygens (including phenoxy) is 2. The van der Waals surface area contributed by atoms with Crippen LogP contribution in [0.15, 0.2) is 66.7 Å². The lowest BCUT2D eigenvalue weighted by Gasteiger charge is -2.13. The summed E-state index contributed by atoms with van der Waals surface area (Å²) in [4.78, 5) is 24.6. The normalized spacial score (nSPS) is 10.1. The van der Waals surface area contributed by atoms with E-state index in [1.54, 1.807) is 24.3 Å². The minimum absolute atomic E-state index is 0.265. The average molecular weight is 426 g/mol. The van der Waals surface area contributed by atoms with E-state index in [1.165, 1.54) is 26.4 Å². The standard InChI is InChI=1S/C22H20ClN3O4/c1-29-19-13-18(20(30-2)12-17(19)23)26-22(28)21(27)25-16-10-8-15(9-11-16)24-14-6-4-3-5-7-14/h3-13,24H,1-2H3,(H,25,27)(H,26,28). The molecule has 0 fully saturated rings. The predicted octanol–water partition coefficient (Wildman–Crippen LogP) is 4.68. The van der Waals surface area contributed by atoms with Gasteiger partial charge < -0.3 is 25.4 Å². The second-order valence-corrected chi connectivity index (χ2v) is 6.57. The van der Waals surface area contributed by atoms with Crippen molar-refractivity contribution in [2.75, 3.05) is 30.2 Å². The summed E-state index contributed by atoms with van der Waals surface area (Å²) in [6.07, 6.45) is 0. The predicted molar refractivity (Wildman–Crippen MR) is 118 cm³/mol. The largest absolute Gasteiger partial charge is 0.495 e. The van der Waals surface area contributed by atoms with Gasteiger partial charge in [-0.15, -0.1) is 0 Å². The number of carbonyl (C=O) groups excluding carboxylic acids is 2. The van der Waals surface area contributed by atoms with E-state index < -0.39 is 11.8 Å². The van der Waals surface area contributed by atoms with Crippen LogP contribution in [0.5, 0.6) is 11.5 Å². The van der Waals surface area contributed by atoms with Crippen molar-refractivity contribution >= 4 is 46.2 Å². The smallest absolute Gasteiger partial charge is 0.314 e. The van der Waals surface area contributed by atoms with Crippen LogP contribution >= 0.6 is 11.6 Å². The molecule has 0 unspecified atom stereocenters. The fourth-order valence-corrected chi connectivity index (χ4v) is 2.88. The van der Waals surface area contributed by atoms with Gasteiger partial charge in [0, 0.05) is 29.2 Å². The molecule has 7 nitrogen and oxygen atoms in total. The van der Waals surface area contributed by atoms with E-state index in [9.17, 15) is 9.59 Å². The van der Waals surface area contributed by atoms with Gasteiger partial charge in [-0.05, 0) is 36.4 Å². The van der Waals surface area contributed by atoms with Gasteiger partial charge in [0.15, 0.2) is 0 Å². The van der Waals surface area contributed by atoms with Gasteiger partial charge in [-0.25, -0.2) is 0 Å². The summed E-state index contributed by atoms with van der Waals surface area (Å²) in [6.45, 7) is 0. The van der Waals surface area contributed by atoms with E-state index in [0.29, 0.717) is 22.2 Å². The third kappa shape index (κ3) is 5.21. The number of hydrogen-bond donors (Lipinski definition) is 3. The van der Waals surface area contributed by atoms with E-state index in [2.05, 4.69) is 16.0 Å². The van der Waals surface area contributed by atoms with Crippen LogP contribution in [0.3, 0.4) is 0 Å². The summed E-state index contributed by atoms with van der Waals surface area (Å²) in [7, 11) is 2.88. The molecule has 0 aliphatic heterocycles. The summed E-state index contributed by atoms with van der Waals surface area (Å²) in [5.74, 6) is -1.04. The second-order valence-electron chi connectivity index (χ2n) is 6.16. The highest BCUT2D eigenvalue weighted by Gasteiger charge is 2.18. The van der Waals surface area contributed by atoms with Crippen molar-refractivity contribution in [3.05, 3.63) is 71.8 Å². The molecule has 0 saturated carbocycles. The van der Waals surface area contributed by atoms with Gasteiger partial charge in [-0.1, -0.05) is 29.8 Å². The molecular weight excluding hydrogens is 406 g/mol. The van der Waals surface area contributed by atoms with Gasteiger partial charge in [0.25, 0.3) is 0 Å². The number of methoxy groups -OCH3 is 2. The highest BCUT2D eigenvalue weighted by atomic mass is 35.5. The van der Waals surface area contributed by atoms with Crippen LogP contribution in [0, 0.1) is 0 Å². The minimum atomic E-state index is -0.857. The van der Waals surface area contributed by atoms with Crippen LogP contribution < -0.4 is 25.4 Å². The van der Waals surface area contributed by atoms with Crippen molar-refractivity contribution in [3.8, 4) is 11.5 Å². The number of benzene rings is 3. The van der Waals surface area contributed by atoms with E-state index in [-0.39, 0.29) is 5.69 Å². The molecule has 0 bridgehead atoms. The first-order chi connectivity index (χ1) is 14.5. The quantitative estimate of drug-likeness (QED) is 0.499. The third-order valence-electron chi connectivity index (χ3n) is 4.13. The maximum atomic E-state index is 12.3. The van der Waals surface area contributed by atoms with E-state index in [1.807, 2.05) is 30.3 Å². The van der Waals surface area contributed by atoms with Gasteiger partial charge in [0.05, 0.1) is 24.9 Å². The summed E-state index contributed by atoms with van der Waals surface area (Å²) >= 11 is 6.05. The third-order valence-corrected chi connectivity index (χ3v) is 4.43. The zero-order chi connectivity index (χ0) is 21.5. The van der Waals surface area contributed by atoms with Crippen molar-refractivity contribution in [1.29, 1.82) is 0 Å². The Balaban J connectivity index is 1.64.